The molecular weight excluding hydrogens is 336 g/mol. The maximum atomic E-state index is 11.5. The molecule has 2 fully saturated rings. The number of aliphatic hydroxyl groups is 1. The summed E-state index contributed by atoms with van der Waals surface area (Å²) in [6, 6.07) is 3.49. The number of carboxylic acid groups (broad SMARTS) is 1. The van der Waals surface area contributed by atoms with Crippen molar-refractivity contribution in [1.29, 1.82) is 0 Å². The molecule has 0 bridgehead atoms. The van der Waals surface area contributed by atoms with Crippen LogP contribution in [0.4, 0.5) is 5.82 Å². The summed E-state index contributed by atoms with van der Waals surface area (Å²) in [6.45, 7) is 1.87. The van der Waals surface area contributed by atoms with Crippen LogP contribution in [0.2, 0.25) is 0 Å². The van der Waals surface area contributed by atoms with Crippen LogP contribution in [-0.2, 0) is 4.74 Å². The minimum Gasteiger partial charge on any atom is -0.478 e. The highest BCUT2D eigenvalue weighted by atomic mass is 16.5. The lowest BCUT2D eigenvalue weighted by molar-refractivity contribution is -0.0383. The van der Waals surface area contributed by atoms with Gasteiger partial charge in [0.05, 0.1) is 17.4 Å². The van der Waals surface area contributed by atoms with Gasteiger partial charge in [-0.15, -0.1) is 0 Å². The zero-order valence-corrected chi connectivity index (χ0v) is 14.4. The lowest BCUT2D eigenvalue weighted by Gasteiger charge is -2.26. The van der Waals surface area contributed by atoms with Gasteiger partial charge in [0, 0.05) is 37.7 Å². The Labute approximate surface area is 151 Å². The van der Waals surface area contributed by atoms with Crippen molar-refractivity contribution in [2.45, 2.75) is 38.0 Å². The van der Waals surface area contributed by atoms with E-state index in [1.165, 1.54) is 6.20 Å². The van der Waals surface area contributed by atoms with Crippen molar-refractivity contribution < 1.29 is 19.7 Å². The molecule has 4 heterocycles. The first-order valence-corrected chi connectivity index (χ1v) is 8.95. The summed E-state index contributed by atoms with van der Waals surface area (Å²) in [7, 11) is 0. The van der Waals surface area contributed by atoms with E-state index in [4.69, 9.17) is 4.74 Å². The number of nitrogens with zero attached hydrogens (tertiary/aromatic N) is 4. The molecule has 26 heavy (non-hydrogen) atoms. The van der Waals surface area contributed by atoms with E-state index in [2.05, 4.69) is 10.1 Å². The molecule has 2 N–H and O–H groups in total. The van der Waals surface area contributed by atoms with Crippen LogP contribution in [0.3, 0.4) is 0 Å². The van der Waals surface area contributed by atoms with Crippen LogP contribution < -0.4 is 4.90 Å². The van der Waals surface area contributed by atoms with Crippen molar-refractivity contribution in [3.63, 3.8) is 0 Å². The average Bonchev–Trinajstić information content (AvgIpc) is 3.31. The molecule has 4 rings (SSSR count). The number of hydrogen-bond donors (Lipinski definition) is 2. The van der Waals surface area contributed by atoms with Gasteiger partial charge in [0.1, 0.15) is 5.82 Å². The molecule has 0 saturated carbocycles. The molecule has 2 aliphatic rings. The molecule has 0 radical (unpaired) electrons. The van der Waals surface area contributed by atoms with E-state index in [1.807, 2.05) is 15.6 Å². The maximum absolute atomic E-state index is 11.5. The van der Waals surface area contributed by atoms with Gasteiger partial charge in [-0.25, -0.2) is 14.5 Å². The number of aromatic carboxylic acids is 1. The van der Waals surface area contributed by atoms with Gasteiger partial charge in [-0.2, -0.15) is 5.10 Å². The fourth-order valence-electron chi connectivity index (χ4n) is 3.62. The minimum absolute atomic E-state index is 0.126. The van der Waals surface area contributed by atoms with Crippen LogP contribution >= 0.6 is 0 Å². The monoisotopic (exact) mass is 358 g/mol. The SMILES string of the molecule is O=C(O)c1cnc(N2CC[C@@H](O)C2)c(-c2ccnn2[C@H]2CCCCO2)c1. The van der Waals surface area contributed by atoms with Crippen molar-refractivity contribution >= 4 is 11.8 Å². The summed E-state index contributed by atoms with van der Waals surface area (Å²) >= 11 is 0. The number of anilines is 1. The van der Waals surface area contributed by atoms with Crippen molar-refractivity contribution in [3.8, 4) is 11.3 Å². The second kappa shape index (κ2) is 7.05. The van der Waals surface area contributed by atoms with Gasteiger partial charge in [0.15, 0.2) is 6.23 Å². The van der Waals surface area contributed by atoms with E-state index in [1.54, 1.807) is 12.3 Å². The molecule has 2 atom stereocenters. The van der Waals surface area contributed by atoms with Crippen LogP contribution in [0.25, 0.3) is 11.3 Å². The number of carboxylic acids is 1. The molecule has 0 aromatic carbocycles. The van der Waals surface area contributed by atoms with Gasteiger partial charge in [-0.05, 0) is 37.8 Å². The highest BCUT2D eigenvalue weighted by molar-refractivity contribution is 5.90. The molecule has 2 saturated heterocycles. The van der Waals surface area contributed by atoms with Gasteiger partial charge < -0.3 is 19.8 Å². The Hall–Kier alpha value is -2.45. The molecule has 0 amide bonds. The minimum atomic E-state index is -1.02. The number of β-amino-alcohol motifs (C(OH)–C–C–N with tert-alkyl or cyclic N) is 1. The van der Waals surface area contributed by atoms with Crippen molar-refractivity contribution in [2.24, 2.45) is 0 Å². The summed E-state index contributed by atoms with van der Waals surface area (Å²) in [5, 5.41) is 23.7. The summed E-state index contributed by atoms with van der Waals surface area (Å²) in [5.41, 5.74) is 1.61. The number of pyridine rings is 1. The van der Waals surface area contributed by atoms with Gasteiger partial charge in [0.2, 0.25) is 0 Å². The Morgan fingerprint density at radius 1 is 1.31 bits per heavy atom. The highest BCUT2D eigenvalue weighted by Gasteiger charge is 2.27. The number of aliphatic hydroxyl groups excluding tert-OH is 1. The Balaban J connectivity index is 1.78. The Kier molecular flexibility index (Phi) is 4.60. The van der Waals surface area contributed by atoms with Crippen molar-refractivity contribution in [3.05, 3.63) is 30.1 Å². The molecule has 2 aromatic rings. The van der Waals surface area contributed by atoms with Gasteiger partial charge in [0.25, 0.3) is 0 Å². The molecule has 2 aliphatic heterocycles. The van der Waals surface area contributed by atoms with E-state index in [9.17, 15) is 15.0 Å². The van der Waals surface area contributed by atoms with E-state index in [-0.39, 0.29) is 11.8 Å². The number of aromatic nitrogens is 3. The molecule has 8 nitrogen and oxygen atoms in total. The molecular formula is C18H22N4O4. The third kappa shape index (κ3) is 3.17. The lowest BCUT2D eigenvalue weighted by atomic mass is 10.1. The smallest absolute Gasteiger partial charge is 0.337 e. The maximum Gasteiger partial charge on any atom is 0.337 e. The zero-order valence-electron chi connectivity index (χ0n) is 14.4. The van der Waals surface area contributed by atoms with Crippen LogP contribution in [0.5, 0.6) is 0 Å². The number of ether oxygens (including phenoxy) is 1. The van der Waals surface area contributed by atoms with Gasteiger partial charge in [-0.3, -0.25) is 0 Å². The molecule has 0 unspecified atom stereocenters. The predicted octanol–water partition coefficient (Wildman–Crippen LogP) is 1.91. The molecule has 0 aliphatic carbocycles. The molecule has 2 aromatic heterocycles. The standard InChI is InChI=1S/C18H22N4O4/c23-13-5-7-21(11-13)17-14(9-12(10-19-17)18(24)25)15-4-6-20-22(15)16-3-1-2-8-26-16/h4,6,9-10,13,16,23H,1-3,5,7-8,11H2,(H,24,25)/t13-,16-/m1/s1. The highest BCUT2D eigenvalue weighted by Crippen LogP contribution is 2.34. The van der Waals surface area contributed by atoms with E-state index in [0.717, 1.165) is 25.0 Å². The van der Waals surface area contributed by atoms with Crippen molar-refractivity contribution in [2.75, 3.05) is 24.6 Å². The number of carbonyl (C=O) groups is 1. The zero-order chi connectivity index (χ0) is 18.1. The third-order valence-corrected chi connectivity index (χ3v) is 4.95. The van der Waals surface area contributed by atoms with Crippen LogP contribution in [-0.4, -0.2) is 56.7 Å². The summed E-state index contributed by atoms with van der Waals surface area (Å²) in [4.78, 5) is 17.9. The topological polar surface area (TPSA) is 101 Å². The van der Waals surface area contributed by atoms with Crippen LogP contribution in [0.15, 0.2) is 24.5 Å². The fraction of sp³-hybridized carbons (Fsp3) is 0.500. The molecule has 0 spiro atoms. The third-order valence-electron chi connectivity index (χ3n) is 4.95. The average molecular weight is 358 g/mol. The quantitative estimate of drug-likeness (QED) is 0.861. The Bertz CT molecular complexity index is 800. The Morgan fingerprint density at radius 3 is 2.88 bits per heavy atom. The van der Waals surface area contributed by atoms with Crippen LogP contribution in [0.1, 0.15) is 42.3 Å². The number of rotatable bonds is 4. The summed E-state index contributed by atoms with van der Waals surface area (Å²) in [6.07, 6.45) is 6.18. The second-order valence-corrected chi connectivity index (χ2v) is 6.77. The van der Waals surface area contributed by atoms with E-state index < -0.39 is 12.1 Å². The predicted molar refractivity (Wildman–Crippen MR) is 94.1 cm³/mol. The first-order valence-electron chi connectivity index (χ1n) is 8.95. The van der Waals surface area contributed by atoms with Crippen molar-refractivity contribution in [1.82, 2.24) is 14.8 Å². The normalized spacial score (nSPS) is 23.3. The van der Waals surface area contributed by atoms with Gasteiger partial charge >= 0.3 is 5.97 Å². The van der Waals surface area contributed by atoms with Gasteiger partial charge in [-0.1, -0.05) is 0 Å². The lowest BCUT2D eigenvalue weighted by Crippen LogP contribution is -2.24. The molecule has 138 valence electrons. The number of hydrogen-bond acceptors (Lipinski definition) is 6. The first-order chi connectivity index (χ1) is 12.6. The molecule has 8 heteroatoms. The summed E-state index contributed by atoms with van der Waals surface area (Å²) in [5.74, 6) is -0.351. The largest absolute Gasteiger partial charge is 0.478 e. The Morgan fingerprint density at radius 2 is 2.19 bits per heavy atom. The summed E-state index contributed by atoms with van der Waals surface area (Å²) < 4.78 is 7.67. The van der Waals surface area contributed by atoms with E-state index in [0.29, 0.717) is 37.5 Å². The fourth-order valence-corrected chi connectivity index (χ4v) is 3.62. The van der Waals surface area contributed by atoms with E-state index >= 15 is 0 Å². The second-order valence-electron chi connectivity index (χ2n) is 6.77. The first kappa shape index (κ1) is 17.0. The van der Waals surface area contributed by atoms with Crippen LogP contribution in [0, 0.1) is 0 Å².